The van der Waals surface area contributed by atoms with Gasteiger partial charge in [-0.05, 0) is 85.0 Å². The summed E-state index contributed by atoms with van der Waals surface area (Å²) < 4.78 is 5.06. The predicted octanol–water partition coefficient (Wildman–Crippen LogP) is 13.4. The van der Waals surface area contributed by atoms with Crippen molar-refractivity contribution in [2.45, 2.75) is 38.9 Å². The number of benzene rings is 4. The standard InChI is InChI=1S/C46H36O2S5/c1-27-5-13-31(14-6-27)45(47,32-15-7-28(2)8-16-32)35-21-23-49-41(35)37-25-39-43(52-37)44-40(51-39)26-38(53-44)42-36(22-24-50-42)46(48,33-17-9-29(3)10-18-33)34-19-11-30(4)12-20-34/h5-26,47-48H,1-4H3. The number of hydrogen-bond acceptors (Lipinski definition) is 7. The Bertz CT molecular complexity index is 2440. The summed E-state index contributed by atoms with van der Waals surface area (Å²) in [5.74, 6) is 0. The monoisotopic (exact) mass is 780 g/mol. The summed E-state index contributed by atoms with van der Waals surface area (Å²) in [6.07, 6.45) is 0. The Balaban J connectivity index is 1.14. The third kappa shape index (κ3) is 5.78. The van der Waals surface area contributed by atoms with Crippen LogP contribution < -0.4 is 0 Å². The SMILES string of the molecule is Cc1ccc(C(O)(c2ccc(C)cc2)c2ccsc2-c2cc3sc4cc(-c5sccc5C(O)(c5ccc(C)cc5)c5ccc(C)cc5)sc4c3s2)cc1. The van der Waals surface area contributed by atoms with E-state index in [1.807, 2.05) is 34.0 Å². The van der Waals surface area contributed by atoms with Crippen LogP contribution in [0.5, 0.6) is 0 Å². The normalized spacial score (nSPS) is 12.3. The van der Waals surface area contributed by atoms with Gasteiger partial charge in [0.2, 0.25) is 0 Å². The van der Waals surface area contributed by atoms with E-state index in [0.29, 0.717) is 0 Å². The third-order valence-corrected chi connectivity index (χ3v) is 16.2. The van der Waals surface area contributed by atoms with E-state index in [4.69, 9.17) is 0 Å². The van der Waals surface area contributed by atoms with Crippen LogP contribution in [-0.2, 0) is 11.2 Å². The molecule has 5 heterocycles. The van der Waals surface area contributed by atoms with E-state index < -0.39 is 11.2 Å². The molecule has 4 aromatic carbocycles. The van der Waals surface area contributed by atoms with Gasteiger partial charge in [0.1, 0.15) is 11.2 Å². The quantitative estimate of drug-likeness (QED) is 0.161. The Labute approximate surface area is 329 Å². The molecule has 262 valence electrons. The van der Waals surface area contributed by atoms with E-state index in [-0.39, 0.29) is 0 Å². The summed E-state index contributed by atoms with van der Waals surface area (Å²) in [6.45, 7) is 8.31. The van der Waals surface area contributed by atoms with Crippen molar-refractivity contribution < 1.29 is 10.2 Å². The lowest BCUT2D eigenvalue weighted by molar-refractivity contribution is 0.126. The van der Waals surface area contributed by atoms with Gasteiger partial charge in [0.15, 0.2) is 0 Å². The lowest BCUT2D eigenvalue weighted by Gasteiger charge is -2.30. The molecule has 0 aliphatic heterocycles. The Morgan fingerprint density at radius 2 is 0.698 bits per heavy atom. The van der Waals surface area contributed by atoms with Crippen molar-refractivity contribution in [3.8, 4) is 19.5 Å². The number of fused-ring (bicyclic) bond motifs is 3. The van der Waals surface area contributed by atoms with Crippen molar-refractivity contribution in [2.75, 3.05) is 0 Å². The first kappa shape index (κ1) is 34.6. The molecule has 0 spiro atoms. The summed E-state index contributed by atoms with van der Waals surface area (Å²) in [5, 5.41) is 29.9. The highest BCUT2D eigenvalue weighted by molar-refractivity contribution is 7.41. The fourth-order valence-corrected chi connectivity index (χ4v) is 13.4. The Morgan fingerprint density at radius 3 is 1.00 bits per heavy atom. The minimum atomic E-state index is -1.30. The molecule has 9 rings (SSSR count). The molecule has 0 aliphatic rings. The van der Waals surface area contributed by atoms with Gasteiger partial charge >= 0.3 is 0 Å². The largest absolute Gasteiger partial charge is 0.376 e. The number of thiophene rings is 5. The number of aliphatic hydroxyl groups is 2. The van der Waals surface area contributed by atoms with Crippen LogP contribution in [0.2, 0.25) is 0 Å². The molecule has 0 saturated heterocycles. The highest BCUT2D eigenvalue weighted by Gasteiger charge is 2.39. The first-order valence-electron chi connectivity index (χ1n) is 17.5. The minimum absolute atomic E-state index is 0.859. The number of aryl methyl sites for hydroxylation is 4. The van der Waals surface area contributed by atoms with Gasteiger partial charge < -0.3 is 10.2 Å². The average Bonchev–Trinajstić information content (AvgIpc) is 4.00. The van der Waals surface area contributed by atoms with Crippen LogP contribution >= 0.6 is 56.7 Å². The maximum absolute atomic E-state index is 12.8. The highest BCUT2D eigenvalue weighted by atomic mass is 32.1. The Morgan fingerprint density at radius 1 is 0.396 bits per heavy atom. The van der Waals surface area contributed by atoms with E-state index in [2.05, 4.69) is 160 Å². The van der Waals surface area contributed by atoms with Crippen LogP contribution in [-0.4, -0.2) is 10.2 Å². The maximum Gasteiger partial charge on any atom is 0.142 e. The van der Waals surface area contributed by atoms with Crippen LogP contribution in [0.4, 0.5) is 0 Å². The molecular formula is C46H36O2S5. The third-order valence-electron chi connectivity index (χ3n) is 10.3. The van der Waals surface area contributed by atoms with E-state index >= 15 is 0 Å². The van der Waals surface area contributed by atoms with Crippen molar-refractivity contribution >= 4 is 75.5 Å². The van der Waals surface area contributed by atoms with Crippen LogP contribution in [0.25, 0.3) is 38.3 Å². The smallest absolute Gasteiger partial charge is 0.142 e. The molecule has 0 unspecified atom stereocenters. The van der Waals surface area contributed by atoms with E-state index in [0.717, 1.165) is 75.1 Å². The molecule has 0 fully saturated rings. The van der Waals surface area contributed by atoms with Crippen LogP contribution in [0, 0.1) is 27.7 Å². The zero-order valence-corrected chi connectivity index (χ0v) is 33.7. The molecule has 0 atom stereocenters. The zero-order valence-electron chi connectivity index (χ0n) is 29.6. The topological polar surface area (TPSA) is 40.5 Å². The van der Waals surface area contributed by atoms with Gasteiger partial charge in [0.05, 0.1) is 19.2 Å². The molecule has 5 aromatic heterocycles. The van der Waals surface area contributed by atoms with Gasteiger partial charge in [-0.2, -0.15) is 0 Å². The molecule has 2 nitrogen and oxygen atoms in total. The second-order valence-corrected chi connectivity index (χ2v) is 18.9. The average molecular weight is 781 g/mol. The molecule has 0 radical (unpaired) electrons. The first-order chi connectivity index (χ1) is 25.6. The van der Waals surface area contributed by atoms with Crippen molar-refractivity contribution in [2.24, 2.45) is 0 Å². The van der Waals surface area contributed by atoms with Gasteiger partial charge in [-0.25, -0.2) is 0 Å². The van der Waals surface area contributed by atoms with Gasteiger partial charge in [-0.15, -0.1) is 56.7 Å². The molecular weight excluding hydrogens is 745 g/mol. The van der Waals surface area contributed by atoms with Gasteiger partial charge in [-0.3, -0.25) is 0 Å². The lowest BCUT2D eigenvalue weighted by atomic mass is 9.80. The van der Waals surface area contributed by atoms with Crippen LogP contribution in [0.1, 0.15) is 55.6 Å². The summed E-state index contributed by atoms with van der Waals surface area (Å²) in [7, 11) is 0. The molecule has 0 amide bonds. The molecule has 0 aliphatic carbocycles. The molecule has 7 heteroatoms. The highest BCUT2D eigenvalue weighted by Crippen LogP contribution is 2.53. The van der Waals surface area contributed by atoms with E-state index in [1.165, 1.54) is 18.8 Å². The Hall–Kier alpha value is -4.18. The minimum Gasteiger partial charge on any atom is -0.376 e. The van der Waals surface area contributed by atoms with E-state index in [9.17, 15) is 10.2 Å². The fraction of sp³-hybridized carbons (Fsp3) is 0.130. The second-order valence-electron chi connectivity index (χ2n) is 13.9. The molecule has 0 bridgehead atoms. The van der Waals surface area contributed by atoms with Crippen LogP contribution in [0.15, 0.2) is 132 Å². The lowest BCUT2D eigenvalue weighted by Crippen LogP contribution is -2.29. The van der Waals surface area contributed by atoms with Crippen molar-refractivity contribution in [3.05, 3.63) is 188 Å². The zero-order chi connectivity index (χ0) is 36.5. The molecule has 53 heavy (non-hydrogen) atoms. The second kappa shape index (κ2) is 13.3. The van der Waals surface area contributed by atoms with Crippen molar-refractivity contribution in [1.29, 1.82) is 0 Å². The van der Waals surface area contributed by atoms with Crippen molar-refractivity contribution in [1.82, 2.24) is 0 Å². The first-order valence-corrected chi connectivity index (χ1v) is 21.7. The van der Waals surface area contributed by atoms with Gasteiger partial charge in [-0.1, -0.05) is 119 Å². The van der Waals surface area contributed by atoms with Gasteiger partial charge in [0.25, 0.3) is 0 Å². The van der Waals surface area contributed by atoms with Crippen LogP contribution in [0.3, 0.4) is 0 Å². The predicted molar refractivity (Wildman–Crippen MR) is 231 cm³/mol. The van der Waals surface area contributed by atoms with Gasteiger partial charge in [0, 0.05) is 30.3 Å². The molecule has 9 aromatic rings. The summed E-state index contributed by atoms with van der Waals surface area (Å²) in [4.78, 5) is 4.51. The summed E-state index contributed by atoms with van der Waals surface area (Å²) >= 11 is 8.81. The fourth-order valence-electron chi connectivity index (χ4n) is 7.26. The molecule has 0 saturated carbocycles. The van der Waals surface area contributed by atoms with E-state index in [1.54, 1.807) is 22.7 Å². The Kier molecular flexibility index (Phi) is 8.67. The number of rotatable bonds is 8. The summed E-state index contributed by atoms with van der Waals surface area (Å²) in [6, 6.07) is 41.8. The maximum atomic E-state index is 12.8. The summed E-state index contributed by atoms with van der Waals surface area (Å²) in [5.41, 5.74) is 7.28. The molecule has 2 N–H and O–H groups in total. The van der Waals surface area contributed by atoms with Crippen molar-refractivity contribution in [3.63, 3.8) is 0 Å². The number of hydrogen-bond donors (Lipinski definition) is 2.